The first kappa shape index (κ1) is 14.6. The molecule has 0 bridgehead atoms. The van der Waals surface area contributed by atoms with E-state index in [2.05, 4.69) is 4.74 Å². The first-order valence-corrected chi connectivity index (χ1v) is 5.53. The molecule has 0 radical (unpaired) electrons. The molecule has 18 heavy (non-hydrogen) atoms. The normalized spacial score (nSPS) is 17.2. The number of alkyl halides is 3. The van der Waals surface area contributed by atoms with E-state index in [1.807, 2.05) is 0 Å². The maximum Gasteiger partial charge on any atom is 0.434 e. The van der Waals surface area contributed by atoms with Crippen molar-refractivity contribution < 1.29 is 22.7 Å². The quantitative estimate of drug-likeness (QED) is 0.334. The maximum atomic E-state index is 12.8. The summed E-state index contributed by atoms with van der Waals surface area (Å²) in [6.07, 6.45) is -3.13. The number of ether oxygens (including phenoxy) is 1. The highest BCUT2D eigenvalue weighted by Gasteiger charge is 2.42. The van der Waals surface area contributed by atoms with E-state index in [9.17, 15) is 18.0 Å². The largest absolute Gasteiger partial charge is 0.461 e. The van der Waals surface area contributed by atoms with Crippen LogP contribution in [0, 0.1) is 5.92 Å². The number of carbonyl (C=O) groups is 1. The summed E-state index contributed by atoms with van der Waals surface area (Å²) in [5.41, 5.74) is 2.85. The van der Waals surface area contributed by atoms with Crippen molar-refractivity contribution in [3.63, 3.8) is 0 Å². The zero-order valence-corrected chi connectivity index (χ0v) is 9.96. The predicted octanol–water partition coefficient (Wildman–Crippen LogP) is 0.868. The second-order valence-corrected chi connectivity index (χ2v) is 4.08. The van der Waals surface area contributed by atoms with E-state index < -0.39 is 23.5 Å². The molecular weight excluding hydrogens is 251 g/mol. The van der Waals surface area contributed by atoms with Gasteiger partial charge in [0, 0.05) is 6.54 Å². The van der Waals surface area contributed by atoms with E-state index in [4.69, 9.17) is 11.6 Å². The van der Waals surface area contributed by atoms with Crippen LogP contribution < -0.4 is 11.6 Å². The van der Waals surface area contributed by atoms with Gasteiger partial charge in [-0.15, -0.1) is 0 Å². The Balaban J connectivity index is 2.94. The number of rotatable bonds is 5. The summed E-state index contributed by atoms with van der Waals surface area (Å²) < 4.78 is 42.9. The lowest BCUT2D eigenvalue weighted by molar-refractivity contribution is -0.141. The zero-order chi connectivity index (χ0) is 13.9. The molecule has 1 fully saturated rings. The van der Waals surface area contributed by atoms with Crippen molar-refractivity contribution in [1.29, 1.82) is 0 Å². The van der Waals surface area contributed by atoms with E-state index >= 15 is 0 Å². The Bertz CT molecular complexity index is 351. The summed E-state index contributed by atoms with van der Waals surface area (Å²) in [5, 5.41) is 0.490. The highest BCUT2D eigenvalue weighted by Crippen LogP contribution is 2.34. The molecule has 0 amide bonds. The van der Waals surface area contributed by atoms with Crippen molar-refractivity contribution in [3.05, 3.63) is 11.4 Å². The van der Waals surface area contributed by atoms with Gasteiger partial charge in [-0.1, -0.05) is 0 Å². The third-order valence-electron chi connectivity index (χ3n) is 2.46. The number of hydrogen-bond donors (Lipinski definition) is 2. The fourth-order valence-corrected chi connectivity index (χ4v) is 1.45. The van der Waals surface area contributed by atoms with Crippen LogP contribution in [0.4, 0.5) is 13.2 Å². The molecule has 1 aliphatic rings. The lowest BCUT2D eigenvalue weighted by atomic mass is 10.2. The van der Waals surface area contributed by atoms with E-state index in [0.717, 1.165) is 12.8 Å². The van der Waals surface area contributed by atoms with Crippen LogP contribution in [-0.2, 0) is 9.53 Å². The average Bonchev–Trinajstić information content (AvgIpc) is 2.99. The number of halogens is 3. The average molecular weight is 267 g/mol. The Hall–Kier alpha value is -1.44. The number of allylic oxidation sites excluding steroid dienone is 1. The van der Waals surface area contributed by atoms with Crippen LogP contribution in [0.2, 0.25) is 0 Å². The number of carbonyl (C=O) groups excluding carboxylic acids is 1. The van der Waals surface area contributed by atoms with Crippen LogP contribution >= 0.6 is 0 Å². The van der Waals surface area contributed by atoms with Crippen molar-refractivity contribution >= 4 is 5.97 Å². The van der Waals surface area contributed by atoms with Crippen molar-refractivity contribution in [3.8, 4) is 0 Å². The molecule has 0 aromatic carbocycles. The van der Waals surface area contributed by atoms with Gasteiger partial charge in [0.2, 0.25) is 0 Å². The Labute approximate surface area is 103 Å². The Morgan fingerprint density at radius 3 is 2.39 bits per heavy atom. The Kier molecular flexibility index (Phi) is 4.44. The summed E-state index contributed by atoms with van der Waals surface area (Å²) in [6.45, 7) is 1.44. The molecule has 0 aromatic heterocycles. The molecular formula is C10H16F3N3O2. The number of esters is 1. The number of nitrogens with two attached hydrogens (primary N) is 2. The van der Waals surface area contributed by atoms with E-state index in [1.54, 1.807) is 0 Å². The molecule has 0 aromatic rings. The minimum atomic E-state index is -4.79. The molecule has 0 saturated heterocycles. The lowest BCUT2D eigenvalue weighted by Gasteiger charge is -2.25. The topological polar surface area (TPSA) is 81.6 Å². The van der Waals surface area contributed by atoms with Crippen LogP contribution in [0.5, 0.6) is 0 Å². The van der Waals surface area contributed by atoms with E-state index in [1.165, 1.54) is 6.92 Å². The molecule has 0 spiro atoms. The third kappa shape index (κ3) is 3.80. The molecule has 1 saturated carbocycles. The van der Waals surface area contributed by atoms with Gasteiger partial charge >= 0.3 is 12.1 Å². The predicted molar refractivity (Wildman–Crippen MR) is 57.5 cm³/mol. The molecule has 0 heterocycles. The summed E-state index contributed by atoms with van der Waals surface area (Å²) in [4.78, 5) is 11.2. The van der Waals surface area contributed by atoms with Gasteiger partial charge in [-0.2, -0.15) is 13.2 Å². The van der Waals surface area contributed by atoms with Gasteiger partial charge in [0.25, 0.3) is 0 Å². The first-order valence-electron chi connectivity index (χ1n) is 5.53. The summed E-state index contributed by atoms with van der Waals surface area (Å²) >= 11 is 0. The second-order valence-electron chi connectivity index (χ2n) is 4.08. The van der Waals surface area contributed by atoms with Crippen LogP contribution in [0.3, 0.4) is 0 Å². The highest BCUT2D eigenvalue weighted by atomic mass is 19.4. The Morgan fingerprint density at radius 2 is 2.00 bits per heavy atom. The third-order valence-corrected chi connectivity index (χ3v) is 2.46. The van der Waals surface area contributed by atoms with Gasteiger partial charge in [0.1, 0.15) is 5.70 Å². The van der Waals surface area contributed by atoms with Gasteiger partial charge in [-0.05, 0) is 25.7 Å². The minimum absolute atomic E-state index is 0.0228. The second kappa shape index (κ2) is 5.47. The fraction of sp³-hybridized carbons (Fsp3) is 0.700. The molecule has 104 valence electrons. The monoisotopic (exact) mass is 267 g/mol. The molecule has 5 nitrogen and oxygen atoms in total. The molecule has 1 aliphatic carbocycles. The standard InChI is InChI=1S/C10H16F3N3O2/c1-2-18-9(17)7(14)8(10(11,12)13)16(15)5-6-3-4-6/h6H,2-5,14-15H2,1H3/b8-7-. The lowest BCUT2D eigenvalue weighted by Crippen LogP contribution is -2.42. The zero-order valence-electron chi connectivity index (χ0n) is 9.96. The van der Waals surface area contributed by atoms with Crippen LogP contribution in [-0.4, -0.2) is 30.3 Å². The molecule has 0 atom stereocenters. The van der Waals surface area contributed by atoms with Gasteiger partial charge in [-0.25, -0.2) is 10.6 Å². The number of hydrogen-bond acceptors (Lipinski definition) is 5. The Morgan fingerprint density at radius 1 is 1.44 bits per heavy atom. The van der Waals surface area contributed by atoms with Gasteiger partial charge in [0.15, 0.2) is 5.70 Å². The SMILES string of the molecule is CCOC(=O)/C(N)=C(/N(N)CC1CC1)C(F)(F)F. The molecule has 4 N–H and O–H groups in total. The summed E-state index contributed by atoms with van der Waals surface area (Å²) in [5.74, 6) is 4.26. The molecule has 8 heteroatoms. The smallest absolute Gasteiger partial charge is 0.434 e. The molecule has 1 rings (SSSR count). The number of hydrazine groups is 1. The fourth-order valence-electron chi connectivity index (χ4n) is 1.45. The molecule has 0 unspecified atom stereocenters. The summed E-state index contributed by atoms with van der Waals surface area (Å²) in [6, 6.07) is 0. The van der Waals surface area contributed by atoms with Crippen LogP contribution in [0.15, 0.2) is 11.4 Å². The van der Waals surface area contributed by atoms with E-state index in [0.29, 0.717) is 5.01 Å². The van der Waals surface area contributed by atoms with Crippen LogP contribution in [0.25, 0.3) is 0 Å². The van der Waals surface area contributed by atoms with Crippen molar-refractivity contribution in [2.45, 2.75) is 25.9 Å². The number of nitrogens with zero attached hydrogens (tertiary/aromatic N) is 1. The maximum absolute atomic E-state index is 12.8. The van der Waals surface area contributed by atoms with Crippen LogP contribution in [0.1, 0.15) is 19.8 Å². The van der Waals surface area contributed by atoms with Crippen molar-refractivity contribution in [2.75, 3.05) is 13.2 Å². The van der Waals surface area contributed by atoms with Crippen molar-refractivity contribution in [1.82, 2.24) is 5.01 Å². The summed E-state index contributed by atoms with van der Waals surface area (Å²) in [7, 11) is 0. The minimum Gasteiger partial charge on any atom is -0.461 e. The van der Waals surface area contributed by atoms with Gasteiger partial charge < -0.3 is 15.5 Å². The van der Waals surface area contributed by atoms with Gasteiger partial charge in [-0.3, -0.25) is 0 Å². The highest BCUT2D eigenvalue weighted by molar-refractivity contribution is 5.88. The molecule has 0 aliphatic heterocycles. The van der Waals surface area contributed by atoms with Crippen molar-refractivity contribution in [2.24, 2.45) is 17.5 Å². The van der Waals surface area contributed by atoms with Gasteiger partial charge in [0.05, 0.1) is 6.61 Å². The van der Waals surface area contributed by atoms with E-state index in [-0.39, 0.29) is 19.1 Å². The first-order chi connectivity index (χ1) is 8.27.